The van der Waals surface area contributed by atoms with Gasteiger partial charge in [-0.25, -0.2) is 9.37 Å². The standard InChI is InChI=1S/C19H23FN4O2S/c1-22(2)7-8-23-9-10-24(12-18(23)25)19(26)16-13-27-17(21-16)11-14-5-3-4-6-15(14)20/h3-6,13H,7-12H2,1-2H3. The van der Waals surface area contributed by atoms with Crippen LogP contribution in [0.25, 0.3) is 0 Å². The van der Waals surface area contributed by atoms with Crippen molar-refractivity contribution in [2.45, 2.75) is 6.42 Å². The molecule has 0 unspecified atom stereocenters. The minimum atomic E-state index is -0.278. The number of carbonyl (C=O) groups is 2. The van der Waals surface area contributed by atoms with E-state index in [1.165, 1.54) is 22.3 Å². The number of hydrogen-bond acceptors (Lipinski definition) is 5. The van der Waals surface area contributed by atoms with E-state index in [1.54, 1.807) is 28.5 Å². The van der Waals surface area contributed by atoms with Crippen molar-refractivity contribution in [1.82, 2.24) is 19.7 Å². The summed E-state index contributed by atoms with van der Waals surface area (Å²) in [7, 11) is 3.93. The molecular weight excluding hydrogens is 367 g/mol. The fourth-order valence-corrected chi connectivity index (χ4v) is 3.69. The molecule has 0 atom stereocenters. The van der Waals surface area contributed by atoms with Crippen LogP contribution in [0, 0.1) is 5.82 Å². The molecule has 0 saturated carbocycles. The minimum Gasteiger partial charge on any atom is -0.338 e. The minimum absolute atomic E-state index is 0.0433. The molecule has 0 bridgehead atoms. The van der Waals surface area contributed by atoms with Crippen molar-refractivity contribution in [3.8, 4) is 0 Å². The van der Waals surface area contributed by atoms with Crippen LogP contribution in [0.4, 0.5) is 4.39 Å². The van der Waals surface area contributed by atoms with E-state index in [2.05, 4.69) is 4.98 Å². The number of carbonyl (C=O) groups excluding carboxylic acids is 2. The van der Waals surface area contributed by atoms with Crippen LogP contribution in [0.5, 0.6) is 0 Å². The summed E-state index contributed by atoms with van der Waals surface area (Å²) in [6, 6.07) is 6.55. The Morgan fingerprint density at radius 1 is 1.30 bits per heavy atom. The Morgan fingerprint density at radius 3 is 2.78 bits per heavy atom. The third-order valence-electron chi connectivity index (χ3n) is 4.49. The molecule has 2 amide bonds. The van der Waals surface area contributed by atoms with Crippen LogP contribution < -0.4 is 0 Å². The molecule has 1 aromatic heterocycles. The SMILES string of the molecule is CN(C)CCN1CCN(C(=O)c2csc(Cc3ccccc3F)n2)CC1=O. The number of piperazine rings is 1. The van der Waals surface area contributed by atoms with Crippen LogP contribution in [0.1, 0.15) is 21.1 Å². The summed E-state index contributed by atoms with van der Waals surface area (Å²) in [5.74, 6) is -0.565. The van der Waals surface area contributed by atoms with Crippen molar-refractivity contribution in [2.24, 2.45) is 0 Å². The number of halogens is 1. The lowest BCUT2D eigenvalue weighted by molar-refractivity contribution is -0.135. The molecule has 1 saturated heterocycles. The lowest BCUT2D eigenvalue weighted by Crippen LogP contribution is -2.53. The number of nitrogens with zero attached hydrogens (tertiary/aromatic N) is 4. The van der Waals surface area contributed by atoms with Gasteiger partial charge in [0.25, 0.3) is 5.91 Å². The van der Waals surface area contributed by atoms with Gasteiger partial charge >= 0.3 is 0 Å². The van der Waals surface area contributed by atoms with Gasteiger partial charge in [-0.2, -0.15) is 0 Å². The zero-order chi connectivity index (χ0) is 19.4. The predicted octanol–water partition coefficient (Wildman–Crippen LogP) is 1.72. The average Bonchev–Trinajstić information content (AvgIpc) is 3.10. The molecule has 0 aliphatic carbocycles. The quantitative estimate of drug-likeness (QED) is 0.754. The molecule has 0 radical (unpaired) electrons. The molecule has 3 rings (SSSR count). The van der Waals surface area contributed by atoms with Gasteiger partial charge in [0.2, 0.25) is 5.91 Å². The number of likely N-dealkylation sites (N-methyl/N-ethyl adjacent to an activating group) is 1. The van der Waals surface area contributed by atoms with Crippen molar-refractivity contribution >= 4 is 23.2 Å². The molecule has 144 valence electrons. The molecular formula is C19H23FN4O2S. The number of benzene rings is 1. The van der Waals surface area contributed by atoms with Crippen molar-refractivity contribution in [2.75, 3.05) is 46.8 Å². The van der Waals surface area contributed by atoms with Gasteiger partial charge in [-0.1, -0.05) is 18.2 Å². The Kier molecular flexibility index (Phi) is 6.18. The van der Waals surface area contributed by atoms with Gasteiger partial charge in [-0.3, -0.25) is 9.59 Å². The first-order valence-electron chi connectivity index (χ1n) is 8.83. The molecule has 1 fully saturated rings. The van der Waals surface area contributed by atoms with Gasteiger partial charge in [-0.15, -0.1) is 11.3 Å². The summed E-state index contributed by atoms with van der Waals surface area (Å²) in [6.45, 7) is 2.57. The summed E-state index contributed by atoms with van der Waals surface area (Å²) in [5, 5.41) is 2.36. The van der Waals surface area contributed by atoms with Crippen LogP contribution in [0.3, 0.4) is 0 Å². The number of amides is 2. The summed E-state index contributed by atoms with van der Waals surface area (Å²) < 4.78 is 13.8. The number of aromatic nitrogens is 1. The van der Waals surface area contributed by atoms with Gasteiger partial charge in [0, 0.05) is 38.0 Å². The normalized spacial score (nSPS) is 14.9. The predicted molar refractivity (Wildman–Crippen MR) is 102 cm³/mol. The van der Waals surface area contributed by atoms with E-state index < -0.39 is 0 Å². The van der Waals surface area contributed by atoms with Crippen LogP contribution in [-0.2, 0) is 11.2 Å². The molecule has 6 nitrogen and oxygen atoms in total. The van der Waals surface area contributed by atoms with Gasteiger partial charge < -0.3 is 14.7 Å². The second-order valence-corrected chi connectivity index (χ2v) is 7.75. The summed E-state index contributed by atoms with van der Waals surface area (Å²) in [6.07, 6.45) is 0.349. The number of rotatable bonds is 6. The van der Waals surface area contributed by atoms with Crippen molar-refractivity contribution in [3.05, 3.63) is 51.7 Å². The summed E-state index contributed by atoms with van der Waals surface area (Å²) in [4.78, 5) is 34.7. The Labute approximate surface area is 162 Å². The lowest BCUT2D eigenvalue weighted by Gasteiger charge is -2.34. The first-order valence-corrected chi connectivity index (χ1v) is 9.71. The fourth-order valence-electron chi connectivity index (χ4n) is 2.90. The second-order valence-electron chi connectivity index (χ2n) is 6.81. The van der Waals surface area contributed by atoms with Crippen LogP contribution in [0.2, 0.25) is 0 Å². The van der Waals surface area contributed by atoms with E-state index >= 15 is 0 Å². The average molecular weight is 390 g/mol. The topological polar surface area (TPSA) is 56.8 Å². The first-order chi connectivity index (χ1) is 12.9. The number of thiazole rings is 1. The smallest absolute Gasteiger partial charge is 0.273 e. The van der Waals surface area contributed by atoms with Crippen LogP contribution >= 0.6 is 11.3 Å². The van der Waals surface area contributed by atoms with Gasteiger partial charge in [0.1, 0.15) is 18.1 Å². The zero-order valence-electron chi connectivity index (χ0n) is 15.5. The van der Waals surface area contributed by atoms with Crippen molar-refractivity contribution < 1.29 is 14.0 Å². The van der Waals surface area contributed by atoms with E-state index in [0.29, 0.717) is 42.3 Å². The second kappa shape index (κ2) is 8.58. The molecule has 8 heteroatoms. The zero-order valence-corrected chi connectivity index (χ0v) is 16.3. The maximum Gasteiger partial charge on any atom is 0.273 e. The highest BCUT2D eigenvalue weighted by Crippen LogP contribution is 2.18. The highest BCUT2D eigenvalue weighted by Gasteiger charge is 2.28. The van der Waals surface area contributed by atoms with Gasteiger partial charge in [0.05, 0.1) is 5.01 Å². The van der Waals surface area contributed by atoms with E-state index in [1.807, 2.05) is 19.0 Å². The van der Waals surface area contributed by atoms with Crippen molar-refractivity contribution in [3.63, 3.8) is 0 Å². The van der Waals surface area contributed by atoms with Gasteiger partial charge in [0.15, 0.2) is 0 Å². The molecule has 1 aromatic carbocycles. The van der Waals surface area contributed by atoms with E-state index in [4.69, 9.17) is 0 Å². The molecule has 0 N–H and O–H groups in total. The summed E-state index contributed by atoms with van der Waals surface area (Å²) >= 11 is 1.33. The fraction of sp³-hybridized carbons (Fsp3) is 0.421. The molecule has 2 aromatic rings. The number of hydrogen-bond donors (Lipinski definition) is 0. The third-order valence-corrected chi connectivity index (χ3v) is 5.34. The summed E-state index contributed by atoms with van der Waals surface area (Å²) in [5.41, 5.74) is 0.872. The first kappa shape index (κ1) is 19.4. The van der Waals surface area contributed by atoms with Crippen LogP contribution in [-0.4, -0.2) is 78.3 Å². The largest absolute Gasteiger partial charge is 0.338 e. The van der Waals surface area contributed by atoms with E-state index in [0.717, 1.165) is 6.54 Å². The Balaban J connectivity index is 1.60. The van der Waals surface area contributed by atoms with E-state index in [9.17, 15) is 14.0 Å². The third kappa shape index (κ3) is 4.90. The maximum absolute atomic E-state index is 13.8. The van der Waals surface area contributed by atoms with Crippen molar-refractivity contribution in [1.29, 1.82) is 0 Å². The highest BCUT2D eigenvalue weighted by molar-refractivity contribution is 7.09. The van der Waals surface area contributed by atoms with E-state index in [-0.39, 0.29) is 24.2 Å². The molecule has 1 aliphatic heterocycles. The molecule has 0 spiro atoms. The lowest BCUT2D eigenvalue weighted by atomic mass is 10.1. The Hall–Kier alpha value is -2.32. The Morgan fingerprint density at radius 2 is 2.07 bits per heavy atom. The Bertz CT molecular complexity index is 824. The monoisotopic (exact) mass is 390 g/mol. The highest BCUT2D eigenvalue weighted by atomic mass is 32.1. The molecule has 1 aliphatic rings. The molecule has 27 heavy (non-hydrogen) atoms. The van der Waals surface area contributed by atoms with Gasteiger partial charge in [-0.05, 0) is 25.7 Å². The van der Waals surface area contributed by atoms with Crippen LogP contribution in [0.15, 0.2) is 29.6 Å². The maximum atomic E-state index is 13.8. The molecule has 2 heterocycles.